The minimum Gasteiger partial charge on any atom is -0.481 e. The third-order valence-corrected chi connectivity index (χ3v) is 4.22. The number of nitriles is 1. The first-order valence-electron chi connectivity index (χ1n) is 8.13. The molecule has 0 radical (unpaired) electrons. The molecule has 23 heavy (non-hydrogen) atoms. The van der Waals surface area contributed by atoms with Gasteiger partial charge in [-0.05, 0) is 38.0 Å². The van der Waals surface area contributed by atoms with Gasteiger partial charge < -0.3 is 9.64 Å². The first-order valence-corrected chi connectivity index (χ1v) is 8.13. The minimum atomic E-state index is -0.485. The van der Waals surface area contributed by atoms with E-state index in [9.17, 15) is 4.79 Å². The Morgan fingerprint density at radius 3 is 2.65 bits per heavy atom. The topological polar surface area (TPSA) is 56.6 Å². The molecule has 5 nitrogen and oxygen atoms in total. The average molecular weight is 315 g/mol. The summed E-state index contributed by atoms with van der Waals surface area (Å²) in [4.78, 5) is 16.6. The van der Waals surface area contributed by atoms with Crippen LogP contribution in [0.15, 0.2) is 18.2 Å². The van der Waals surface area contributed by atoms with Crippen LogP contribution in [0.5, 0.6) is 5.75 Å². The Bertz CT molecular complexity index is 586. The number of piperazine rings is 1. The van der Waals surface area contributed by atoms with Crippen LogP contribution in [-0.4, -0.2) is 54.5 Å². The van der Waals surface area contributed by atoms with Crippen LogP contribution in [0.2, 0.25) is 0 Å². The number of benzene rings is 1. The fraction of sp³-hybridized carbons (Fsp3) is 0.556. The quantitative estimate of drug-likeness (QED) is 0.835. The maximum atomic E-state index is 12.5. The highest BCUT2D eigenvalue weighted by atomic mass is 16.5. The smallest absolute Gasteiger partial charge is 0.263 e. The second kappa shape index (κ2) is 7.98. The summed E-state index contributed by atoms with van der Waals surface area (Å²) in [6, 6.07) is 8.18. The van der Waals surface area contributed by atoms with Crippen molar-refractivity contribution in [2.75, 3.05) is 32.7 Å². The molecule has 1 aliphatic heterocycles. The third kappa shape index (κ3) is 4.70. The summed E-state index contributed by atoms with van der Waals surface area (Å²) >= 11 is 0. The highest BCUT2D eigenvalue weighted by Crippen LogP contribution is 2.21. The van der Waals surface area contributed by atoms with Crippen molar-refractivity contribution in [2.45, 2.75) is 33.3 Å². The molecule has 0 saturated carbocycles. The number of aryl methyl sites for hydroxylation is 2. The Kier molecular flexibility index (Phi) is 6.00. The van der Waals surface area contributed by atoms with Crippen LogP contribution in [0, 0.1) is 25.2 Å². The number of ether oxygens (including phenoxy) is 1. The molecule has 0 aromatic heterocycles. The summed E-state index contributed by atoms with van der Waals surface area (Å²) in [5, 5.41) is 8.63. The van der Waals surface area contributed by atoms with Gasteiger partial charge in [-0.3, -0.25) is 9.69 Å². The second-order valence-electron chi connectivity index (χ2n) is 6.10. The third-order valence-electron chi connectivity index (χ3n) is 4.22. The number of carbonyl (C=O) groups excluding carboxylic acids is 1. The van der Waals surface area contributed by atoms with Gasteiger partial charge in [0.05, 0.1) is 6.07 Å². The fourth-order valence-corrected chi connectivity index (χ4v) is 2.73. The Balaban J connectivity index is 1.88. The Morgan fingerprint density at radius 1 is 1.30 bits per heavy atom. The predicted octanol–water partition coefficient (Wildman–Crippen LogP) is 2.13. The van der Waals surface area contributed by atoms with Gasteiger partial charge in [-0.25, -0.2) is 0 Å². The lowest BCUT2D eigenvalue weighted by molar-refractivity contribution is -0.139. The zero-order chi connectivity index (χ0) is 16.8. The minimum absolute atomic E-state index is 0.0332. The SMILES string of the molecule is Cc1ccc(C)c(OC(C)C(=O)N2CCN(CCC#N)CC2)c1. The number of hydrogen-bond donors (Lipinski definition) is 0. The Morgan fingerprint density at radius 2 is 2.00 bits per heavy atom. The lowest BCUT2D eigenvalue weighted by Crippen LogP contribution is -2.51. The van der Waals surface area contributed by atoms with Gasteiger partial charge in [0.1, 0.15) is 5.75 Å². The molecular weight excluding hydrogens is 290 g/mol. The number of nitrogens with zero attached hydrogens (tertiary/aromatic N) is 3. The molecule has 1 unspecified atom stereocenters. The van der Waals surface area contributed by atoms with E-state index in [1.165, 1.54) is 0 Å². The van der Waals surface area contributed by atoms with Gasteiger partial charge in [0, 0.05) is 39.1 Å². The van der Waals surface area contributed by atoms with Gasteiger partial charge in [0.15, 0.2) is 6.10 Å². The number of amides is 1. The number of hydrogen-bond acceptors (Lipinski definition) is 4. The molecule has 1 atom stereocenters. The molecule has 0 aliphatic carbocycles. The summed E-state index contributed by atoms with van der Waals surface area (Å²) in [6.07, 6.45) is 0.0567. The summed E-state index contributed by atoms with van der Waals surface area (Å²) in [6.45, 7) is 9.64. The standard InChI is InChI=1S/C18H25N3O2/c1-14-5-6-15(2)17(13-14)23-16(3)18(22)21-11-9-20(10-12-21)8-4-7-19/h5-6,13,16H,4,8-12H2,1-3H3. The lowest BCUT2D eigenvalue weighted by atomic mass is 10.1. The largest absolute Gasteiger partial charge is 0.481 e. The first kappa shape index (κ1) is 17.3. The van der Waals surface area contributed by atoms with Gasteiger partial charge in [0.2, 0.25) is 0 Å². The van der Waals surface area contributed by atoms with Gasteiger partial charge in [-0.15, -0.1) is 0 Å². The molecule has 5 heteroatoms. The molecule has 0 N–H and O–H groups in total. The van der Waals surface area contributed by atoms with Crippen LogP contribution >= 0.6 is 0 Å². The van der Waals surface area contributed by atoms with Crippen LogP contribution in [0.25, 0.3) is 0 Å². The van der Waals surface area contributed by atoms with Crippen molar-refractivity contribution in [3.05, 3.63) is 29.3 Å². The van der Waals surface area contributed by atoms with Gasteiger partial charge in [0.25, 0.3) is 5.91 Å². The van der Waals surface area contributed by atoms with E-state index < -0.39 is 6.10 Å². The normalized spacial score (nSPS) is 16.7. The summed E-state index contributed by atoms with van der Waals surface area (Å²) < 4.78 is 5.88. The van der Waals surface area contributed by atoms with Crippen LogP contribution < -0.4 is 4.74 Å². The summed E-state index contributed by atoms with van der Waals surface area (Å²) in [5.41, 5.74) is 2.16. The van der Waals surface area contributed by atoms with E-state index in [-0.39, 0.29) is 5.91 Å². The van der Waals surface area contributed by atoms with E-state index in [0.717, 1.165) is 36.5 Å². The number of rotatable bonds is 5. The summed E-state index contributed by atoms with van der Waals surface area (Å²) in [7, 11) is 0. The van der Waals surface area contributed by atoms with Crippen molar-refractivity contribution in [3.8, 4) is 11.8 Å². The number of carbonyl (C=O) groups is 1. The molecule has 1 fully saturated rings. The molecule has 2 rings (SSSR count). The predicted molar refractivity (Wildman–Crippen MR) is 89.3 cm³/mol. The zero-order valence-corrected chi connectivity index (χ0v) is 14.2. The van der Waals surface area contributed by atoms with Crippen molar-refractivity contribution < 1.29 is 9.53 Å². The van der Waals surface area contributed by atoms with E-state index in [2.05, 4.69) is 11.0 Å². The molecule has 1 saturated heterocycles. The summed E-state index contributed by atoms with van der Waals surface area (Å²) in [5.74, 6) is 0.810. The van der Waals surface area contributed by atoms with Crippen LogP contribution in [0.1, 0.15) is 24.5 Å². The fourth-order valence-electron chi connectivity index (χ4n) is 2.73. The van der Waals surface area contributed by atoms with Crippen LogP contribution in [-0.2, 0) is 4.79 Å². The molecule has 124 valence electrons. The molecule has 0 bridgehead atoms. The second-order valence-corrected chi connectivity index (χ2v) is 6.10. The molecule has 1 aromatic rings. The van der Waals surface area contributed by atoms with E-state index in [1.54, 1.807) is 0 Å². The molecule has 1 aliphatic rings. The van der Waals surface area contributed by atoms with E-state index in [1.807, 2.05) is 43.9 Å². The first-order chi connectivity index (χ1) is 11.0. The monoisotopic (exact) mass is 315 g/mol. The highest BCUT2D eigenvalue weighted by molar-refractivity contribution is 5.81. The van der Waals surface area contributed by atoms with Crippen LogP contribution in [0.3, 0.4) is 0 Å². The zero-order valence-electron chi connectivity index (χ0n) is 14.2. The average Bonchev–Trinajstić information content (AvgIpc) is 2.56. The Hall–Kier alpha value is -2.06. The van der Waals surface area contributed by atoms with E-state index >= 15 is 0 Å². The van der Waals surface area contributed by atoms with Crippen molar-refractivity contribution in [1.29, 1.82) is 5.26 Å². The Labute approximate surface area is 138 Å². The lowest BCUT2D eigenvalue weighted by Gasteiger charge is -2.35. The molecule has 1 heterocycles. The van der Waals surface area contributed by atoms with E-state index in [4.69, 9.17) is 10.00 Å². The van der Waals surface area contributed by atoms with E-state index in [0.29, 0.717) is 19.5 Å². The molecule has 0 spiro atoms. The van der Waals surface area contributed by atoms with Gasteiger partial charge in [-0.1, -0.05) is 12.1 Å². The van der Waals surface area contributed by atoms with Crippen LogP contribution in [0.4, 0.5) is 0 Å². The van der Waals surface area contributed by atoms with Gasteiger partial charge in [-0.2, -0.15) is 5.26 Å². The maximum Gasteiger partial charge on any atom is 0.263 e. The molecule has 1 amide bonds. The maximum absolute atomic E-state index is 12.5. The molecule has 1 aromatic carbocycles. The van der Waals surface area contributed by atoms with Crippen molar-refractivity contribution in [3.63, 3.8) is 0 Å². The highest BCUT2D eigenvalue weighted by Gasteiger charge is 2.26. The molecular formula is C18H25N3O2. The van der Waals surface area contributed by atoms with Crippen molar-refractivity contribution in [2.24, 2.45) is 0 Å². The van der Waals surface area contributed by atoms with Crippen molar-refractivity contribution in [1.82, 2.24) is 9.80 Å². The van der Waals surface area contributed by atoms with Gasteiger partial charge >= 0.3 is 0 Å². The van der Waals surface area contributed by atoms with Crippen molar-refractivity contribution >= 4 is 5.91 Å².